The molecule has 0 spiro atoms. The molecule has 0 atom stereocenters. The zero-order valence-corrected chi connectivity index (χ0v) is 6.92. The zero-order valence-electron chi connectivity index (χ0n) is 6.92. The summed E-state index contributed by atoms with van der Waals surface area (Å²) in [6.45, 7) is -1.12. The molecule has 0 aliphatic rings. The van der Waals surface area contributed by atoms with E-state index in [4.69, 9.17) is 5.26 Å². The summed E-state index contributed by atoms with van der Waals surface area (Å²) in [7, 11) is 0. The van der Waals surface area contributed by atoms with Gasteiger partial charge < -0.3 is 4.74 Å². The smallest absolute Gasteiger partial charge is 0.387 e. The van der Waals surface area contributed by atoms with Crippen LogP contribution in [0.5, 0.6) is 5.75 Å². The topological polar surface area (TPSA) is 33.0 Å². The first-order valence-electron chi connectivity index (χ1n) is 3.59. The molecular weight excluding hydrogens is 176 g/mol. The zero-order chi connectivity index (χ0) is 9.84. The van der Waals surface area contributed by atoms with Crippen LogP contribution in [-0.2, 0) is 0 Å². The maximum Gasteiger partial charge on any atom is 0.387 e. The van der Waals surface area contributed by atoms with Crippen LogP contribution in [0.2, 0.25) is 0 Å². The number of aryl methyl sites for hydroxylation is 1. The molecule has 1 rings (SSSR count). The second-order valence-electron chi connectivity index (χ2n) is 2.49. The molecule has 0 aromatic heterocycles. The molecule has 0 saturated carbocycles. The molecule has 1 aromatic rings. The molecule has 1 aromatic carbocycles. The summed E-state index contributed by atoms with van der Waals surface area (Å²) >= 11 is 0. The summed E-state index contributed by atoms with van der Waals surface area (Å²) in [4.78, 5) is 0. The van der Waals surface area contributed by atoms with Gasteiger partial charge in [-0.2, -0.15) is 14.0 Å². The first-order chi connectivity index (χ1) is 6.13. The first kappa shape index (κ1) is 9.46. The van der Waals surface area contributed by atoms with E-state index in [-0.39, 0.29) is 11.3 Å². The second kappa shape index (κ2) is 3.85. The van der Waals surface area contributed by atoms with Gasteiger partial charge in [-0.15, -0.1) is 0 Å². The molecule has 0 saturated heterocycles. The van der Waals surface area contributed by atoms with Crippen LogP contribution in [-0.4, -0.2) is 6.61 Å². The van der Waals surface area contributed by atoms with E-state index in [1.807, 2.05) is 0 Å². The van der Waals surface area contributed by atoms with Crippen molar-refractivity contribution in [1.82, 2.24) is 0 Å². The van der Waals surface area contributed by atoms with Crippen LogP contribution in [0.3, 0.4) is 0 Å². The van der Waals surface area contributed by atoms with E-state index < -0.39 is 6.61 Å². The molecule has 0 aliphatic carbocycles. The van der Waals surface area contributed by atoms with Gasteiger partial charge in [-0.3, -0.25) is 0 Å². The number of benzene rings is 1. The molecule has 68 valence electrons. The predicted molar refractivity (Wildman–Crippen MR) is 42.5 cm³/mol. The molecule has 13 heavy (non-hydrogen) atoms. The van der Waals surface area contributed by atoms with Gasteiger partial charge in [0.25, 0.3) is 0 Å². The minimum atomic E-state index is -2.89. The monoisotopic (exact) mass is 183 g/mol. The van der Waals surface area contributed by atoms with Gasteiger partial charge in [0, 0.05) is 0 Å². The minimum absolute atomic E-state index is 0.0805. The fraction of sp³-hybridized carbons (Fsp3) is 0.222. The number of alkyl halides is 2. The maximum atomic E-state index is 11.8. The molecule has 4 heteroatoms. The minimum Gasteiger partial charge on any atom is -0.433 e. The van der Waals surface area contributed by atoms with Crippen molar-refractivity contribution in [2.45, 2.75) is 13.5 Å². The van der Waals surface area contributed by atoms with Crippen LogP contribution < -0.4 is 4.74 Å². The van der Waals surface area contributed by atoms with E-state index in [1.165, 1.54) is 12.1 Å². The molecule has 0 amide bonds. The first-order valence-corrected chi connectivity index (χ1v) is 3.59. The summed E-state index contributed by atoms with van der Waals surface area (Å²) in [5.41, 5.74) is 0.957. The SMILES string of the molecule is Cc1ccc(OC(F)F)c(C#N)c1. The highest BCUT2D eigenvalue weighted by atomic mass is 19.3. The molecule has 0 N–H and O–H groups in total. The van der Waals surface area contributed by atoms with E-state index >= 15 is 0 Å². The van der Waals surface area contributed by atoms with E-state index in [0.717, 1.165) is 5.56 Å². The van der Waals surface area contributed by atoms with Crippen LogP contribution in [0.1, 0.15) is 11.1 Å². The lowest BCUT2D eigenvalue weighted by atomic mass is 10.1. The molecule has 0 aliphatic heterocycles. The normalized spacial score (nSPS) is 9.77. The van der Waals surface area contributed by atoms with Crippen LogP contribution >= 0.6 is 0 Å². The number of nitriles is 1. The highest BCUT2D eigenvalue weighted by Crippen LogP contribution is 2.20. The quantitative estimate of drug-likeness (QED) is 0.705. The molecule has 0 radical (unpaired) electrons. The number of nitrogens with zero attached hydrogens (tertiary/aromatic N) is 1. The van der Waals surface area contributed by atoms with Crippen molar-refractivity contribution in [3.05, 3.63) is 29.3 Å². The van der Waals surface area contributed by atoms with Crippen LogP contribution in [0.25, 0.3) is 0 Å². The van der Waals surface area contributed by atoms with E-state index in [0.29, 0.717) is 0 Å². The highest BCUT2D eigenvalue weighted by Gasteiger charge is 2.08. The van der Waals surface area contributed by atoms with Crippen molar-refractivity contribution < 1.29 is 13.5 Å². The molecule has 2 nitrogen and oxygen atoms in total. The third-order valence-corrected chi connectivity index (χ3v) is 1.47. The average Bonchev–Trinajstić information content (AvgIpc) is 2.07. The Morgan fingerprint density at radius 3 is 2.69 bits per heavy atom. The Kier molecular flexibility index (Phi) is 2.80. The lowest BCUT2D eigenvalue weighted by Gasteiger charge is -2.05. The van der Waals surface area contributed by atoms with E-state index in [2.05, 4.69) is 4.74 Å². The number of hydrogen-bond acceptors (Lipinski definition) is 2. The van der Waals surface area contributed by atoms with Crippen molar-refractivity contribution in [1.29, 1.82) is 5.26 Å². The number of halogens is 2. The Labute approximate surface area is 74.4 Å². The second-order valence-corrected chi connectivity index (χ2v) is 2.49. The van der Waals surface area contributed by atoms with Gasteiger partial charge >= 0.3 is 6.61 Å². The average molecular weight is 183 g/mol. The van der Waals surface area contributed by atoms with Gasteiger partial charge in [0.1, 0.15) is 11.8 Å². The third kappa shape index (κ3) is 2.41. The standard InChI is InChI=1S/C9H7F2NO/c1-6-2-3-8(13-9(10)11)7(4-6)5-12/h2-4,9H,1H3. The number of rotatable bonds is 2. The van der Waals surface area contributed by atoms with Crippen LogP contribution in [0.15, 0.2) is 18.2 Å². The number of ether oxygens (including phenoxy) is 1. The molecule has 0 unspecified atom stereocenters. The van der Waals surface area contributed by atoms with Gasteiger partial charge in [-0.1, -0.05) is 6.07 Å². The van der Waals surface area contributed by atoms with Gasteiger partial charge in [-0.05, 0) is 24.6 Å². The molecule has 0 bridgehead atoms. The summed E-state index contributed by atoms with van der Waals surface area (Å²) in [5, 5.41) is 8.58. The van der Waals surface area contributed by atoms with Crippen molar-refractivity contribution >= 4 is 0 Å². The van der Waals surface area contributed by atoms with Crippen molar-refractivity contribution in [2.24, 2.45) is 0 Å². The fourth-order valence-electron chi connectivity index (χ4n) is 0.930. The maximum absolute atomic E-state index is 11.8. The summed E-state index contributed by atoms with van der Waals surface area (Å²) < 4.78 is 27.7. The molecular formula is C9H7F2NO. The fourth-order valence-corrected chi connectivity index (χ4v) is 0.930. The van der Waals surface area contributed by atoms with Crippen LogP contribution in [0.4, 0.5) is 8.78 Å². The Balaban J connectivity index is 3.01. The molecule has 0 heterocycles. The van der Waals surface area contributed by atoms with E-state index in [1.54, 1.807) is 19.1 Å². The Morgan fingerprint density at radius 1 is 1.46 bits per heavy atom. The van der Waals surface area contributed by atoms with Gasteiger partial charge in [0.2, 0.25) is 0 Å². The van der Waals surface area contributed by atoms with Gasteiger partial charge in [0.05, 0.1) is 5.56 Å². The Hall–Kier alpha value is -1.63. The Morgan fingerprint density at radius 2 is 2.15 bits per heavy atom. The van der Waals surface area contributed by atoms with Crippen molar-refractivity contribution in [3.8, 4) is 11.8 Å². The van der Waals surface area contributed by atoms with Crippen molar-refractivity contribution in [2.75, 3.05) is 0 Å². The lowest BCUT2D eigenvalue weighted by molar-refractivity contribution is -0.0500. The largest absolute Gasteiger partial charge is 0.433 e. The van der Waals surface area contributed by atoms with Gasteiger partial charge in [0.15, 0.2) is 0 Å². The third-order valence-electron chi connectivity index (χ3n) is 1.47. The highest BCUT2D eigenvalue weighted by molar-refractivity contribution is 5.45. The summed E-state index contributed by atoms with van der Waals surface area (Å²) in [5.74, 6) is -0.0805. The Bertz CT molecular complexity index is 344. The summed E-state index contributed by atoms with van der Waals surface area (Å²) in [6, 6.07) is 6.25. The molecule has 0 fully saturated rings. The predicted octanol–water partition coefficient (Wildman–Crippen LogP) is 2.47. The number of hydrogen-bond donors (Lipinski definition) is 0. The van der Waals surface area contributed by atoms with Crippen LogP contribution in [0, 0.1) is 18.3 Å². The lowest BCUT2D eigenvalue weighted by Crippen LogP contribution is -2.03. The van der Waals surface area contributed by atoms with Gasteiger partial charge in [-0.25, -0.2) is 0 Å². The summed E-state index contributed by atoms with van der Waals surface area (Å²) in [6.07, 6.45) is 0. The van der Waals surface area contributed by atoms with E-state index in [9.17, 15) is 8.78 Å². The van der Waals surface area contributed by atoms with Crippen molar-refractivity contribution in [3.63, 3.8) is 0 Å².